The zero-order valence-electron chi connectivity index (χ0n) is 19.0. The average Bonchev–Trinajstić information content (AvgIpc) is 3.21. The Morgan fingerprint density at radius 2 is 1.73 bits per heavy atom. The third kappa shape index (κ3) is 4.96. The molecule has 1 aromatic heterocycles. The molecule has 1 heterocycles. The number of aromatic nitrogens is 2. The number of hydrogen-bond donors (Lipinski definition) is 0. The number of hydrogen-bond acceptors (Lipinski definition) is 7. The SMILES string of the molecule is CCOc1cc(-c2nn(-c3ccccc3)c(C(=O)OC)c2C(=O)OC)cc(Cl)c1OC(C)C. The Hall–Kier alpha value is -3.52. The molecule has 0 aliphatic heterocycles. The second-order valence-corrected chi connectivity index (χ2v) is 7.59. The third-order valence-corrected chi connectivity index (χ3v) is 4.87. The first-order valence-corrected chi connectivity index (χ1v) is 10.7. The summed E-state index contributed by atoms with van der Waals surface area (Å²) in [5.41, 5.74) is 1.07. The van der Waals surface area contributed by atoms with Gasteiger partial charge in [0.15, 0.2) is 17.2 Å². The molecule has 0 bridgehead atoms. The lowest BCUT2D eigenvalue weighted by Crippen LogP contribution is -2.15. The smallest absolute Gasteiger partial charge is 0.357 e. The van der Waals surface area contributed by atoms with Gasteiger partial charge in [-0.1, -0.05) is 29.8 Å². The van der Waals surface area contributed by atoms with Gasteiger partial charge in [-0.05, 0) is 45.0 Å². The number of rotatable bonds is 8. The first-order valence-electron chi connectivity index (χ1n) is 10.3. The van der Waals surface area contributed by atoms with E-state index in [9.17, 15) is 9.59 Å². The van der Waals surface area contributed by atoms with E-state index in [1.54, 1.807) is 36.4 Å². The van der Waals surface area contributed by atoms with E-state index in [4.69, 9.17) is 30.5 Å². The summed E-state index contributed by atoms with van der Waals surface area (Å²) >= 11 is 6.54. The summed E-state index contributed by atoms with van der Waals surface area (Å²) in [5.74, 6) is -0.718. The molecule has 9 heteroatoms. The van der Waals surface area contributed by atoms with Gasteiger partial charge >= 0.3 is 11.9 Å². The fraction of sp³-hybridized carbons (Fsp3) is 0.292. The van der Waals surface area contributed by atoms with Crippen LogP contribution in [0.2, 0.25) is 5.02 Å². The van der Waals surface area contributed by atoms with Crippen LogP contribution in [0.25, 0.3) is 16.9 Å². The van der Waals surface area contributed by atoms with E-state index in [1.807, 2.05) is 26.8 Å². The number of benzene rings is 2. The molecule has 0 radical (unpaired) electrons. The maximum Gasteiger partial charge on any atom is 0.357 e. The van der Waals surface area contributed by atoms with Gasteiger partial charge < -0.3 is 18.9 Å². The maximum atomic E-state index is 12.8. The van der Waals surface area contributed by atoms with Crippen molar-refractivity contribution in [1.82, 2.24) is 9.78 Å². The van der Waals surface area contributed by atoms with E-state index in [2.05, 4.69) is 5.10 Å². The molecule has 0 saturated heterocycles. The minimum absolute atomic E-state index is 0.0516. The number of nitrogens with zero attached hydrogens (tertiary/aromatic N) is 2. The van der Waals surface area contributed by atoms with E-state index in [0.29, 0.717) is 29.4 Å². The fourth-order valence-electron chi connectivity index (χ4n) is 3.27. The van der Waals surface area contributed by atoms with Gasteiger partial charge in [0.25, 0.3) is 0 Å². The minimum atomic E-state index is -0.746. The normalized spacial score (nSPS) is 10.8. The summed E-state index contributed by atoms with van der Waals surface area (Å²) in [6.45, 7) is 5.95. The Morgan fingerprint density at radius 3 is 2.30 bits per heavy atom. The Balaban J connectivity index is 2.34. The van der Waals surface area contributed by atoms with Gasteiger partial charge in [-0.25, -0.2) is 14.3 Å². The number of carbonyl (C=O) groups excluding carboxylic acids is 2. The van der Waals surface area contributed by atoms with Crippen LogP contribution in [0.4, 0.5) is 0 Å². The van der Waals surface area contributed by atoms with Crippen molar-refractivity contribution in [1.29, 1.82) is 0 Å². The Bertz CT molecular complexity index is 1160. The van der Waals surface area contributed by atoms with E-state index < -0.39 is 11.9 Å². The maximum absolute atomic E-state index is 12.8. The largest absolute Gasteiger partial charge is 0.490 e. The molecule has 0 spiro atoms. The van der Waals surface area contributed by atoms with Crippen molar-refractivity contribution in [2.75, 3.05) is 20.8 Å². The number of ether oxygens (including phenoxy) is 4. The van der Waals surface area contributed by atoms with Gasteiger partial charge in [0.2, 0.25) is 0 Å². The summed E-state index contributed by atoms with van der Waals surface area (Å²) < 4.78 is 22.8. The summed E-state index contributed by atoms with van der Waals surface area (Å²) in [5, 5.41) is 4.85. The van der Waals surface area contributed by atoms with Crippen LogP contribution in [0.1, 0.15) is 41.6 Å². The summed E-state index contributed by atoms with van der Waals surface area (Å²) in [7, 11) is 2.46. The molecule has 2 aromatic carbocycles. The summed E-state index contributed by atoms with van der Waals surface area (Å²) in [4.78, 5) is 25.6. The third-order valence-electron chi connectivity index (χ3n) is 4.59. The molecule has 0 aliphatic carbocycles. The molecule has 0 N–H and O–H groups in total. The predicted octanol–water partition coefficient (Wildman–Crippen LogP) is 4.95. The summed E-state index contributed by atoms with van der Waals surface area (Å²) in [6, 6.07) is 12.2. The van der Waals surface area contributed by atoms with Crippen molar-refractivity contribution < 1.29 is 28.5 Å². The van der Waals surface area contributed by atoms with E-state index in [0.717, 1.165) is 0 Å². The lowest BCUT2D eigenvalue weighted by molar-refractivity contribution is 0.0549. The average molecular weight is 473 g/mol. The van der Waals surface area contributed by atoms with Gasteiger partial charge in [-0.15, -0.1) is 0 Å². The molecule has 0 saturated carbocycles. The van der Waals surface area contributed by atoms with Crippen LogP contribution in [-0.4, -0.2) is 48.6 Å². The Kier molecular flexibility index (Phi) is 7.60. The van der Waals surface area contributed by atoms with Gasteiger partial charge in [-0.3, -0.25) is 0 Å². The topological polar surface area (TPSA) is 88.9 Å². The van der Waals surface area contributed by atoms with E-state index in [-0.39, 0.29) is 28.1 Å². The van der Waals surface area contributed by atoms with Crippen molar-refractivity contribution in [3.8, 4) is 28.4 Å². The van der Waals surface area contributed by atoms with Gasteiger partial charge in [0, 0.05) is 5.56 Å². The first kappa shape index (κ1) is 24.1. The first-order chi connectivity index (χ1) is 15.8. The second-order valence-electron chi connectivity index (χ2n) is 7.19. The van der Waals surface area contributed by atoms with E-state index >= 15 is 0 Å². The molecule has 3 aromatic rings. The van der Waals surface area contributed by atoms with Crippen LogP contribution in [0, 0.1) is 0 Å². The monoisotopic (exact) mass is 472 g/mol. The van der Waals surface area contributed by atoms with Crippen molar-refractivity contribution in [3.63, 3.8) is 0 Å². The highest BCUT2D eigenvalue weighted by atomic mass is 35.5. The van der Waals surface area contributed by atoms with Crippen LogP contribution in [0.3, 0.4) is 0 Å². The Morgan fingerprint density at radius 1 is 1.06 bits per heavy atom. The minimum Gasteiger partial charge on any atom is -0.490 e. The molecule has 8 nitrogen and oxygen atoms in total. The highest BCUT2D eigenvalue weighted by Gasteiger charge is 2.32. The number of methoxy groups -OCH3 is 2. The highest BCUT2D eigenvalue weighted by Crippen LogP contribution is 2.41. The van der Waals surface area contributed by atoms with Crippen molar-refractivity contribution in [2.45, 2.75) is 26.9 Å². The molecular formula is C24H25ClN2O6. The number of halogens is 1. The van der Waals surface area contributed by atoms with Crippen LogP contribution in [0.15, 0.2) is 42.5 Å². The van der Waals surface area contributed by atoms with Crippen LogP contribution in [0.5, 0.6) is 11.5 Å². The molecular weight excluding hydrogens is 448 g/mol. The molecule has 33 heavy (non-hydrogen) atoms. The zero-order chi connectivity index (χ0) is 24.1. The number of carbonyl (C=O) groups is 2. The van der Waals surface area contributed by atoms with Crippen molar-refractivity contribution in [3.05, 3.63) is 58.7 Å². The Labute approximate surface area is 197 Å². The molecule has 174 valence electrons. The number of para-hydroxylation sites is 1. The standard InChI is InChI=1S/C24H25ClN2O6/c1-6-32-18-13-15(12-17(25)22(18)33-14(2)3)20-19(23(28)30-4)21(24(29)31-5)27(26-20)16-10-8-7-9-11-16/h7-14H,6H2,1-5H3. The number of esters is 2. The predicted molar refractivity (Wildman–Crippen MR) is 124 cm³/mol. The van der Waals surface area contributed by atoms with Gasteiger partial charge in [0.05, 0.1) is 37.6 Å². The van der Waals surface area contributed by atoms with Crippen molar-refractivity contribution in [2.24, 2.45) is 0 Å². The van der Waals surface area contributed by atoms with Crippen LogP contribution >= 0.6 is 11.6 Å². The summed E-state index contributed by atoms with van der Waals surface area (Å²) in [6.07, 6.45) is -0.138. The van der Waals surface area contributed by atoms with Gasteiger partial charge in [-0.2, -0.15) is 5.10 Å². The molecule has 0 aliphatic rings. The zero-order valence-corrected chi connectivity index (χ0v) is 19.8. The van der Waals surface area contributed by atoms with Crippen molar-refractivity contribution >= 4 is 23.5 Å². The molecule has 0 atom stereocenters. The molecule has 0 unspecified atom stereocenters. The quantitative estimate of drug-likeness (QED) is 0.428. The van der Waals surface area contributed by atoms with E-state index in [1.165, 1.54) is 18.9 Å². The molecule has 3 rings (SSSR count). The molecule has 0 fully saturated rings. The van der Waals surface area contributed by atoms with Crippen LogP contribution in [-0.2, 0) is 9.47 Å². The second kappa shape index (κ2) is 10.4. The lowest BCUT2D eigenvalue weighted by Gasteiger charge is -2.17. The van der Waals surface area contributed by atoms with Gasteiger partial charge in [0.1, 0.15) is 11.3 Å². The highest BCUT2D eigenvalue weighted by molar-refractivity contribution is 6.32. The fourth-order valence-corrected chi connectivity index (χ4v) is 3.53. The molecule has 0 amide bonds. The van der Waals surface area contributed by atoms with Crippen LogP contribution < -0.4 is 9.47 Å². The lowest BCUT2D eigenvalue weighted by atomic mass is 10.0.